The predicted octanol–water partition coefficient (Wildman–Crippen LogP) is 1.39. The molecule has 0 bridgehead atoms. The van der Waals surface area contributed by atoms with E-state index >= 15 is 0 Å². The third-order valence-corrected chi connectivity index (χ3v) is 5.41. The highest BCUT2D eigenvalue weighted by Crippen LogP contribution is 2.19. The van der Waals surface area contributed by atoms with Gasteiger partial charge in [0.15, 0.2) is 0 Å². The fourth-order valence-corrected chi connectivity index (χ4v) is 3.41. The molecule has 0 saturated carbocycles. The SMILES string of the molecule is C=C(COC(=O)CCSCC(C)(C)OC(=O)CCCS(=O)(=O)O)COC(=O)COC. The molecule has 0 amide bonds. The number of methoxy groups -OCH3 is 1. The number of rotatable bonds is 16. The lowest BCUT2D eigenvalue weighted by Crippen LogP contribution is -2.31. The predicted molar refractivity (Wildman–Crippen MR) is 111 cm³/mol. The van der Waals surface area contributed by atoms with Crippen LogP contribution in [0.1, 0.15) is 33.1 Å². The van der Waals surface area contributed by atoms with Crippen LogP contribution in [0.2, 0.25) is 0 Å². The van der Waals surface area contributed by atoms with Crippen molar-refractivity contribution in [2.75, 3.05) is 44.2 Å². The van der Waals surface area contributed by atoms with Crippen LogP contribution in [-0.2, 0) is 43.4 Å². The Balaban J connectivity index is 3.95. The third kappa shape index (κ3) is 17.2. The highest BCUT2D eigenvalue weighted by Gasteiger charge is 2.23. The van der Waals surface area contributed by atoms with Gasteiger partial charge in [-0.1, -0.05) is 6.58 Å². The molecule has 10 nitrogen and oxygen atoms in total. The van der Waals surface area contributed by atoms with Crippen LogP contribution in [-0.4, -0.2) is 80.7 Å². The van der Waals surface area contributed by atoms with E-state index in [4.69, 9.17) is 18.8 Å². The molecule has 1 N–H and O–H groups in total. The molecular weight excluding hydrogens is 440 g/mol. The van der Waals surface area contributed by atoms with Crippen molar-refractivity contribution >= 4 is 39.8 Å². The molecule has 174 valence electrons. The lowest BCUT2D eigenvalue weighted by atomic mass is 10.2. The molecule has 0 rings (SSSR count). The molecule has 0 heterocycles. The van der Waals surface area contributed by atoms with E-state index in [1.54, 1.807) is 13.8 Å². The molecule has 0 unspecified atom stereocenters. The first-order chi connectivity index (χ1) is 13.8. The lowest BCUT2D eigenvalue weighted by Gasteiger charge is -2.24. The second kappa shape index (κ2) is 14.4. The van der Waals surface area contributed by atoms with Crippen LogP contribution in [0.25, 0.3) is 0 Å². The first kappa shape index (κ1) is 28.4. The lowest BCUT2D eigenvalue weighted by molar-refractivity contribution is -0.154. The second-order valence-electron chi connectivity index (χ2n) is 6.93. The maximum atomic E-state index is 11.7. The molecule has 0 radical (unpaired) electrons. The van der Waals surface area contributed by atoms with E-state index in [0.717, 1.165) is 0 Å². The van der Waals surface area contributed by atoms with Gasteiger partial charge >= 0.3 is 17.9 Å². The van der Waals surface area contributed by atoms with Gasteiger partial charge in [-0.25, -0.2) is 4.79 Å². The van der Waals surface area contributed by atoms with Gasteiger partial charge in [-0.2, -0.15) is 20.2 Å². The highest BCUT2D eigenvalue weighted by molar-refractivity contribution is 7.99. The average Bonchev–Trinajstić information content (AvgIpc) is 2.60. The number of carbonyl (C=O) groups is 3. The van der Waals surface area contributed by atoms with E-state index in [0.29, 0.717) is 17.1 Å². The fraction of sp³-hybridized carbons (Fsp3) is 0.722. The topological polar surface area (TPSA) is 142 Å². The molecule has 0 aliphatic heterocycles. The van der Waals surface area contributed by atoms with Crippen LogP contribution in [0.5, 0.6) is 0 Å². The van der Waals surface area contributed by atoms with Crippen molar-refractivity contribution in [1.82, 2.24) is 0 Å². The molecule has 0 fully saturated rings. The Kier molecular flexibility index (Phi) is 13.6. The van der Waals surface area contributed by atoms with Gasteiger partial charge in [-0.3, -0.25) is 14.1 Å². The maximum absolute atomic E-state index is 11.7. The summed E-state index contributed by atoms with van der Waals surface area (Å²) in [6, 6.07) is 0. The van der Waals surface area contributed by atoms with Crippen molar-refractivity contribution in [3.63, 3.8) is 0 Å². The number of thioether (sulfide) groups is 1. The van der Waals surface area contributed by atoms with Gasteiger partial charge in [0.2, 0.25) is 0 Å². The quantitative estimate of drug-likeness (QED) is 0.115. The summed E-state index contributed by atoms with van der Waals surface area (Å²) in [7, 11) is -2.73. The van der Waals surface area contributed by atoms with E-state index in [1.807, 2.05) is 0 Å². The number of hydrogen-bond acceptors (Lipinski definition) is 10. The first-order valence-corrected chi connectivity index (χ1v) is 11.8. The largest absolute Gasteiger partial charge is 0.461 e. The number of hydrogen-bond donors (Lipinski definition) is 1. The molecule has 0 aliphatic rings. The van der Waals surface area contributed by atoms with Crippen LogP contribution in [0.4, 0.5) is 0 Å². The summed E-state index contributed by atoms with van der Waals surface area (Å²) in [5.41, 5.74) is -0.369. The van der Waals surface area contributed by atoms with Crippen LogP contribution in [0, 0.1) is 0 Å². The Morgan fingerprint density at radius 1 is 1.00 bits per heavy atom. The Bertz CT molecular complexity index is 685. The number of ether oxygens (including phenoxy) is 4. The standard InChI is InChI=1S/C18H30O10S2/c1-14(11-27-17(21)12-25-4)10-26-15(19)7-8-29-13-18(2,3)28-16(20)6-5-9-30(22,23)24/h1,5-13H2,2-4H3,(H,22,23,24). The number of carbonyl (C=O) groups excluding carboxylic acids is 3. The van der Waals surface area contributed by atoms with Crippen molar-refractivity contribution in [3.8, 4) is 0 Å². The summed E-state index contributed by atoms with van der Waals surface area (Å²) >= 11 is 1.39. The van der Waals surface area contributed by atoms with E-state index in [1.165, 1.54) is 18.9 Å². The summed E-state index contributed by atoms with van der Waals surface area (Å²) in [4.78, 5) is 34.6. The van der Waals surface area contributed by atoms with Crippen LogP contribution >= 0.6 is 11.8 Å². The molecule has 0 aromatic rings. The van der Waals surface area contributed by atoms with Gasteiger partial charge in [0.05, 0.1) is 12.2 Å². The minimum atomic E-state index is -4.10. The van der Waals surface area contributed by atoms with Gasteiger partial charge < -0.3 is 18.9 Å². The molecule has 0 atom stereocenters. The second-order valence-corrected chi connectivity index (χ2v) is 9.61. The Labute approximate surface area is 181 Å². The van der Waals surface area contributed by atoms with Gasteiger partial charge in [0.25, 0.3) is 10.1 Å². The van der Waals surface area contributed by atoms with Gasteiger partial charge in [-0.05, 0) is 25.8 Å². The summed E-state index contributed by atoms with van der Waals surface area (Å²) in [6.45, 7) is 6.77. The monoisotopic (exact) mass is 470 g/mol. The minimum Gasteiger partial charge on any atom is -0.461 e. The fourth-order valence-electron chi connectivity index (χ4n) is 1.90. The zero-order valence-corrected chi connectivity index (χ0v) is 19.1. The highest BCUT2D eigenvalue weighted by atomic mass is 32.2. The van der Waals surface area contributed by atoms with Crippen molar-refractivity contribution < 1.29 is 46.3 Å². The number of esters is 3. The van der Waals surface area contributed by atoms with Gasteiger partial charge in [0, 0.05) is 25.0 Å². The van der Waals surface area contributed by atoms with Crippen LogP contribution in [0.3, 0.4) is 0 Å². The average molecular weight is 471 g/mol. The summed E-state index contributed by atoms with van der Waals surface area (Å²) in [6.07, 6.45) is -0.00568. The zero-order valence-electron chi connectivity index (χ0n) is 17.5. The Morgan fingerprint density at radius 3 is 2.17 bits per heavy atom. The summed E-state index contributed by atoms with van der Waals surface area (Å²) in [5, 5.41) is 0. The minimum absolute atomic E-state index is 0.0242. The Morgan fingerprint density at radius 2 is 1.60 bits per heavy atom. The summed E-state index contributed by atoms with van der Waals surface area (Å²) in [5.74, 6) is -1.17. The molecule has 0 saturated heterocycles. The maximum Gasteiger partial charge on any atom is 0.332 e. The van der Waals surface area contributed by atoms with Gasteiger partial charge in [-0.15, -0.1) is 0 Å². The zero-order chi connectivity index (χ0) is 23.2. The van der Waals surface area contributed by atoms with Crippen molar-refractivity contribution in [2.45, 2.75) is 38.7 Å². The first-order valence-electron chi connectivity index (χ1n) is 9.06. The van der Waals surface area contributed by atoms with Gasteiger partial charge in [0.1, 0.15) is 25.4 Å². The van der Waals surface area contributed by atoms with E-state index < -0.39 is 39.4 Å². The Hall–Kier alpha value is -1.63. The van der Waals surface area contributed by atoms with Crippen LogP contribution in [0.15, 0.2) is 12.2 Å². The van der Waals surface area contributed by atoms with Crippen molar-refractivity contribution in [3.05, 3.63) is 12.2 Å². The van der Waals surface area contributed by atoms with E-state index in [9.17, 15) is 22.8 Å². The molecule has 0 aromatic heterocycles. The molecule has 30 heavy (non-hydrogen) atoms. The third-order valence-electron chi connectivity index (χ3n) is 3.21. The van der Waals surface area contributed by atoms with E-state index in [-0.39, 0.29) is 39.1 Å². The summed E-state index contributed by atoms with van der Waals surface area (Å²) < 4.78 is 49.7. The van der Waals surface area contributed by atoms with E-state index in [2.05, 4.69) is 11.3 Å². The molecule has 12 heteroatoms. The smallest absolute Gasteiger partial charge is 0.332 e. The van der Waals surface area contributed by atoms with Crippen molar-refractivity contribution in [1.29, 1.82) is 0 Å². The molecule has 0 aliphatic carbocycles. The molecule has 0 aromatic carbocycles. The molecular formula is C18H30O10S2. The normalized spacial score (nSPS) is 11.6. The van der Waals surface area contributed by atoms with Crippen LogP contribution < -0.4 is 0 Å². The van der Waals surface area contributed by atoms with Crippen molar-refractivity contribution in [2.24, 2.45) is 0 Å². The molecule has 0 spiro atoms.